The van der Waals surface area contributed by atoms with Gasteiger partial charge in [0, 0.05) is 25.7 Å². The van der Waals surface area contributed by atoms with Crippen LogP contribution < -0.4 is 0 Å². The summed E-state index contributed by atoms with van der Waals surface area (Å²) in [6.07, 6.45) is 73.4. The second-order valence-electron chi connectivity index (χ2n) is 27.4. The number of carbonyl (C=O) groups excluding carboxylic acids is 4. The molecule has 3 N–H and O–H groups in total. The van der Waals surface area contributed by atoms with Crippen molar-refractivity contribution in [1.82, 2.24) is 0 Å². The number of aliphatic hydroxyl groups excluding tert-OH is 1. The van der Waals surface area contributed by atoms with Gasteiger partial charge in [0.25, 0.3) is 0 Å². The van der Waals surface area contributed by atoms with Crippen molar-refractivity contribution in [3.63, 3.8) is 0 Å². The van der Waals surface area contributed by atoms with Gasteiger partial charge in [-0.25, -0.2) is 9.13 Å². The number of ether oxygens (including phenoxy) is 4. The zero-order valence-electron chi connectivity index (χ0n) is 63.9. The highest BCUT2D eigenvalue weighted by atomic mass is 31.2. The van der Waals surface area contributed by atoms with E-state index in [1.54, 1.807) is 0 Å². The lowest BCUT2D eigenvalue weighted by atomic mass is 10.0. The fourth-order valence-electron chi connectivity index (χ4n) is 11.3. The molecule has 0 heterocycles. The first-order valence-corrected chi connectivity index (χ1v) is 43.5. The van der Waals surface area contributed by atoms with Crippen molar-refractivity contribution in [1.29, 1.82) is 0 Å². The van der Waals surface area contributed by atoms with Crippen LogP contribution in [0.5, 0.6) is 0 Å². The van der Waals surface area contributed by atoms with E-state index in [4.69, 9.17) is 37.0 Å². The van der Waals surface area contributed by atoms with E-state index in [-0.39, 0.29) is 25.7 Å². The summed E-state index contributed by atoms with van der Waals surface area (Å²) in [4.78, 5) is 73.0. The third-order valence-electron chi connectivity index (χ3n) is 17.5. The number of phosphoric acid groups is 2. The third-order valence-corrected chi connectivity index (χ3v) is 19.4. The number of hydrogen-bond donors (Lipinski definition) is 3. The molecule has 0 aliphatic rings. The summed E-state index contributed by atoms with van der Waals surface area (Å²) in [6.45, 7) is 4.85. The number of phosphoric ester groups is 2. The van der Waals surface area contributed by atoms with Crippen LogP contribution in [0, 0.1) is 0 Å². The first kappa shape index (κ1) is 96.8. The van der Waals surface area contributed by atoms with E-state index in [1.165, 1.54) is 180 Å². The molecule has 0 spiro atoms. The van der Waals surface area contributed by atoms with Crippen LogP contribution in [0.25, 0.3) is 0 Å². The van der Waals surface area contributed by atoms with Gasteiger partial charge in [-0.2, -0.15) is 0 Å². The highest BCUT2D eigenvalue weighted by Crippen LogP contribution is 2.45. The van der Waals surface area contributed by atoms with Gasteiger partial charge in [-0.15, -0.1) is 0 Å². The smallest absolute Gasteiger partial charge is 0.462 e. The lowest BCUT2D eigenvalue weighted by Crippen LogP contribution is -2.30. The Kier molecular flexibility index (Phi) is 71.6. The monoisotopic (exact) mass is 1460 g/mol. The Hall–Kier alpha value is -3.24. The highest BCUT2D eigenvalue weighted by molar-refractivity contribution is 7.47. The summed E-state index contributed by atoms with van der Waals surface area (Å²) in [5.41, 5.74) is 0. The normalized spacial score (nSPS) is 14.2. The van der Waals surface area contributed by atoms with Gasteiger partial charge in [0.05, 0.1) is 26.4 Å². The Balaban J connectivity index is 5.37. The van der Waals surface area contributed by atoms with Gasteiger partial charge in [0.15, 0.2) is 12.2 Å². The van der Waals surface area contributed by atoms with Crippen molar-refractivity contribution in [3.05, 3.63) is 60.8 Å². The van der Waals surface area contributed by atoms with Gasteiger partial charge in [-0.05, 0) is 89.9 Å². The molecular weight excluding hydrogens is 1310 g/mol. The second kappa shape index (κ2) is 74.0. The van der Waals surface area contributed by atoms with Crippen LogP contribution in [0.15, 0.2) is 60.8 Å². The van der Waals surface area contributed by atoms with Crippen LogP contribution in [0.3, 0.4) is 0 Å². The van der Waals surface area contributed by atoms with E-state index in [9.17, 15) is 43.2 Å². The second-order valence-corrected chi connectivity index (χ2v) is 30.3. The largest absolute Gasteiger partial charge is 0.472 e. The first-order valence-electron chi connectivity index (χ1n) is 40.5. The van der Waals surface area contributed by atoms with Crippen LogP contribution >= 0.6 is 15.6 Å². The molecule has 0 aromatic heterocycles. The minimum atomic E-state index is -4.98. The van der Waals surface area contributed by atoms with E-state index < -0.39 is 97.5 Å². The van der Waals surface area contributed by atoms with Crippen molar-refractivity contribution >= 4 is 39.5 Å². The minimum absolute atomic E-state index is 0.0244. The molecule has 0 saturated carbocycles. The quantitative estimate of drug-likeness (QED) is 0.0169. The molecule has 0 rings (SSSR count). The topological polar surface area (TPSA) is 237 Å². The number of hydrogen-bond acceptors (Lipinski definition) is 15. The molecule has 0 aromatic carbocycles. The molecule has 0 saturated heterocycles. The zero-order valence-corrected chi connectivity index (χ0v) is 65.7. The molecule has 0 bridgehead atoms. The van der Waals surface area contributed by atoms with Crippen LogP contribution in [0.1, 0.15) is 374 Å². The summed E-state index contributed by atoms with van der Waals surface area (Å²) < 4.78 is 68.6. The van der Waals surface area contributed by atoms with E-state index in [1.807, 2.05) is 12.2 Å². The molecule has 584 valence electrons. The molecule has 0 aliphatic carbocycles. The molecular formula is C81H148O17P2. The van der Waals surface area contributed by atoms with E-state index in [0.29, 0.717) is 32.1 Å². The third kappa shape index (κ3) is 73.1. The van der Waals surface area contributed by atoms with Crippen molar-refractivity contribution in [2.24, 2.45) is 0 Å². The maximum atomic E-state index is 13.1. The number of unbranched alkanes of at least 4 members (excludes halogenated alkanes) is 41. The average Bonchev–Trinajstić information content (AvgIpc) is 0.962. The van der Waals surface area contributed by atoms with Crippen LogP contribution in [-0.4, -0.2) is 96.7 Å². The standard InChI is InChI=1S/C81H148O17P2/c1-5-9-13-17-21-25-29-33-36-37-40-44-48-52-56-60-64-68-81(86)98-77(72-92-79(84)66-62-58-54-50-46-43-39-35-31-27-23-19-15-11-7-3)74-96-100(89,90)94-70-75(82)69-93-99(87,88)95-73-76(97-80(85)67-63-59-55-51-47-41-32-28-24-20-16-12-8-4)71-91-78(83)65-61-57-53-49-45-42-38-34-30-26-22-18-14-10-6-2/h21,25,33-34,36,38,40,44,52,56,75-77,82H,5-20,22-24,26-32,35,37,39,41-43,45-51,53-55,57-74H2,1-4H3,(H,87,88)(H,89,90)/b25-21-,36-33-,38-34-,44-40-,56-52-/t75-,76+,77+/m0/s1. The highest BCUT2D eigenvalue weighted by Gasteiger charge is 2.30. The molecule has 19 heteroatoms. The number of allylic oxidation sites excluding steroid dienone is 10. The molecule has 0 radical (unpaired) electrons. The Morgan fingerprint density at radius 1 is 0.280 bits per heavy atom. The van der Waals surface area contributed by atoms with Crippen molar-refractivity contribution < 1.29 is 80.2 Å². The number of rotatable bonds is 77. The number of esters is 4. The summed E-state index contributed by atoms with van der Waals surface area (Å²) in [7, 11) is -9.96. The first-order chi connectivity index (χ1) is 48.7. The fraction of sp³-hybridized carbons (Fsp3) is 0.827. The predicted octanol–water partition coefficient (Wildman–Crippen LogP) is 23.5. The van der Waals surface area contributed by atoms with Crippen LogP contribution in [-0.2, 0) is 65.4 Å². The zero-order chi connectivity index (χ0) is 73.2. The van der Waals surface area contributed by atoms with Crippen molar-refractivity contribution in [3.8, 4) is 0 Å². The summed E-state index contributed by atoms with van der Waals surface area (Å²) in [5.74, 6) is -2.21. The average molecular weight is 1460 g/mol. The molecule has 0 aliphatic heterocycles. The van der Waals surface area contributed by atoms with Crippen LogP contribution in [0.4, 0.5) is 0 Å². The molecule has 0 aromatic rings. The van der Waals surface area contributed by atoms with Gasteiger partial charge in [-0.3, -0.25) is 37.3 Å². The molecule has 100 heavy (non-hydrogen) atoms. The maximum absolute atomic E-state index is 13.1. The predicted molar refractivity (Wildman–Crippen MR) is 409 cm³/mol. The van der Waals surface area contributed by atoms with Gasteiger partial charge in [0.2, 0.25) is 0 Å². The van der Waals surface area contributed by atoms with E-state index in [2.05, 4.69) is 76.3 Å². The lowest BCUT2D eigenvalue weighted by Gasteiger charge is -2.21. The SMILES string of the molecule is CCCCC/C=C\C/C=C\C/C=C\C/C=C\CCCC(=O)O[C@H](COC(=O)CCCCCCCCCCCCCCCCC)COP(=O)(O)OC[C@@H](O)COP(=O)(O)OC[C@@H](COC(=O)CCCCCCC/C=C\CCCCCCCC)OC(=O)CCCCCCCCCCCCCCC. The van der Waals surface area contributed by atoms with E-state index in [0.717, 1.165) is 109 Å². The van der Waals surface area contributed by atoms with Crippen LogP contribution in [0.2, 0.25) is 0 Å². The molecule has 2 unspecified atom stereocenters. The van der Waals surface area contributed by atoms with Gasteiger partial charge in [-0.1, -0.05) is 320 Å². The van der Waals surface area contributed by atoms with Crippen molar-refractivity contribution in [2.45, 2.75) is 393 Å². The Bertz CT molecular complexity index is 2130. The molecule has 17 nitrogen and oxygen atoms in total. The number of aliphatic hydroxyl groups is 1. The van der Waals surface area contributed by atoms with Gasteiger partial charge in [0.1, 0.15) is 19.3 Å². The van der Waals surface area contributed by atoms with E-state index >= 15 is 0 Å². The summed E-state index contributed by atoms with van der Waals surface area (Å²) in [6, 6.07) is 0. The lowest BCUT2D eigenvalue weighted by molar-refractivity contribution is -0.161. The Morgan fingerprint density at radius 2 is 0.500 bits per heavy atom. The fourth-order valence-corrected chi connectivity index (χ4v) is 12.8. The van der Waals surface area contributed by atoms with Gasteiger partial charge >= 0.3 is 39.5 Å². The summed E-state index contributed by atoms with van der Waals surface area (Å²) in [5, 5.41) is 10.6. The minimum Gasteiger partial charge on any atom is -0.462 e. The molecule has 0 fully saturated rings. The molecule has 0 amide bonds. The Morgan fingerprint density at radius 3 is 0.820 bits per heavy atom. The maximum Gasteiger partial charge on any atom is 0.472 e. The summed E-state index contributed by atoms with van der Waals surface area (Å²) >= 11 is 0. The molecule has 5 atom stereocenters. The Labute approximate surface area is 610 Å². The van der Waals surface area contributed by atoms with Gasteiger partial charge < -0.3 is 33.8 Å². The van der Waals surface area contributed by atoms with Crippen molar-refractivity contribution in [2.75, 3.05) is 39.6 Å². The number of carbonyl (C=O) groups is 4.